The minimum absolute atomic E-state index is 0.0236. The predicted molar refractivity (Wildman–Crippen MR) is 103 cm³/mol. The number of hydrogen-bond donors (Lipinski definition) is 1. The monoisotopic (exact) mass is 356 g/mol. The van der Waals surface area contributed by atoms with Crippen molar-refractivity contribution in [1.82, 2.24) is 0 Å². The molecule has 0 aromatic heterocycles. The molecule has 0 atom stereocenters. The van der Waals surface area contributed by atoms with Crippen LogP contribution in [0.15, 0.2) is 90.5 Å². The van der Waals surface area contributed by atoms with Gasteiger partial charge in [0.05, 0.1) is 11.1 Å². The van der Waals surface area contributed by atoms with Gasteiger partial charge in [0.25, 0.3) is 0 Å². The first-order valence-corrected chi connectivity index (χ1v) is 8.31. The van der Waals surface area contributed by atoms with Crippen molar-refractivity contribution in [3.05, 3.63) is 113 Å². The van der Waals surface area contributed by atoms with Gasteiger partial charge in [-0.15, -0.1) is 0 Å². The first-order valence-electron chi connectivity index (χ1n) is 8.31. The molecule has 3 aromatic carbocycles. The maximum atomic E-state index is 13.0. The number of Topliss-reactive ketones (excluding diaryl/α,β-unsaturated/α-hetero) is 2. The zero-order valence-electron chi connectivity index (χ0n) is 14.3. The molecule has 4 heteroatoms. The van der Waals surface area contributed by atoms with Crippen LogP contribution in [0, 0.1) is 0 Å². The van der Waals surface area contributed by atoms with Crippen LogP contribution in [-0.4, -0.2) is 22.6 Å². The van der Waals surface area contributed by atoms with Crippen molar-refractivity contribution < 1.29 is 19.5 Å². The van der Waals surface area contributed by atoms with Gasteiger partial charge < -0.3 is 5.11 Å². The van der Waals surface area contributed by atoms with Gasteiger partial charge in [-0.3, -0.25) is 9.59 Å². The van der Waals surface area contributed by atoms with Gasteiger partial charge >= 0.3 is 5.97 Å². The van der Waals surface area contributed by atoms with E-state index in [1.54, 1.807) is 72.8 Å². The fraction of sp³-hybridized carbons (Fsp3) is 0. The molecular formula is C23H16O4. The van der Waals surface area contributed by atoms with E-state index in [1.807, 2.05) is 0 Å². The van der Waals surface area contributed by atoms with Gasteiger partial charge in [-0.2, -0.15) is 0 Å². The van der Waals surface area contributed by atoms with Gasteiger partial charge in [0.15, 0.2) is 11.6 Å². The number of ketones is 2. The summed E-state index contributed by atoms with van der Waals surface area (Å²) in [6.07, 6.45) is 1.50. The van der Waals surface area contributed by atoms with Crippen LogP contribution in [0.5, 0.6) is 0 Å². The van der Waals surface area contributed by atoms with Crippen molar-refractivity contribution in [2.24, 2.45) is 0 Å². The van der Waals surface area contributed by atoms with Gasteiger partial charge in [-0.25, -0.2) is 4.79 Å². The second kappa shape index (κ2) is 8.06. The minimum atomic E-state index is -1.04. The third kappa shape index (κ3) is 4.25. The first-order chi connectivity index (χ1) is 13.1. The number of carboxylic acids is 1. The quantitative estimate of drug-likeness (QED) is 0.305. The highest BCUT2D eigenvalue weighted by molar-refractivity contribution is 6.33. The van der Waals surface area contributed by atoms with Crippen molar-refractivity contribution in [3.8, 4) is 0 Å². The molecule has 3 aromatic rings. The Hall–Kier alpha value is -3.79. The van der Waals surface area contributed by atoms with Crippen LogP contribution in [0.4, 0.5) is 0 Å². The fourth-order valence-corrected chi connectivity index (χ4v) is 2.61. The topological polar surface area (TPSA) is 71.4 Å². The third-order valence-electron chi connectivity index (χ3n) is 4.03. The van der Waals surface area contributed by atoms with Crippen molar-refractivity contribution in [1.29, 1.82) is 0 Å². The number of allylic oxidation sites excluding steroid dienone is 1. The summed E-state index contributed by atoms with van der Waals surface area (Å²) >= 11 is 0. The van der Waals surface area contributed by atoms with E-state index in [2.05, 4.69) is 0 Å². The van der Waals surface area contributed by atoms with Crippen LogP contribution in [0.3, 0.4) is 0 Å². The van der Waals surface area contributed by atoms with Crippen LogP contribution in [0.1, 0.15) is 36.6 Å². The Bertz CT molecular complexity index is 948. The molecule has 0 amide bonds. The smallest absolute Gasteiger partial charge is 0.335 e. The number of benzene rings is 3. The number of rotatable bonds is 6. The van der Waals surface area contributed by atoms with Gasteiger partial charge in [0.2, 0.25) is 0 Å². The summed E-state index contributed by atoms with van der Waals surface area (Å²) in [5.41, 5.74) is 1.56. The predicted octanol–water partition coefficient (Wildman–Crippen LogP) is 4.53. The van der Waals surface area contributed by atoms with Crippen LogP contribution in [-0.2, 0) is 0 Å². The molecular weight excluding hydrogens is 340 g/mol. The highest BCUT2D eigenvalue weighted by atomic mass is 16.4. The molecule has 0 saturated heterocycles. The number of hydrogen-bond acceptors (Lipinski definition) is 3. The van der Waals surface area contributed by atoms with E-state index < -0.39 is 5.97 Å². The Morgan fingerprint density at radius 3 is 1.44 bits per heavy atom. The maximum absolute atomic E-state index is 13.0. The first kappa shape index (κ1) is 18.0. The van der Waals surface area contributed by atoms with E-state index >= 15 is 0 Å². The molecule has 0 bridgehead atoms. The molecule has 0 aliphatic rings. The van der Waals surface area contributed by atoms with E-state index in [0.717, 1.165) is 0 Å². The molecule has 4 nitrogen and oxygen atoms in total. The van der Waals surface area contributed by atoms with Crippen molar-refractivity contribution in [2.45, 2.75) is 0 Å². The summed E-state index contributed by atoms with van der Waals surface area (Å²) in [5.74, 6) is -1.80. The van der Waals surface area contributed by atoms with Crippen molar-refractivity contribution >= 4 is 23.6 Å². The summed E-state index contributed by atoms with van der Waals surface area (Å²) in [7, 11) is 0. The summed E-state index contributed by atoms with van der Waals surface area (Å²) < 4.78 is 0. The molecule has 0 saturated carbocycles. The number of carbonyl (C=O) groups is 3. The van der Waals surface area contributed by atoms with Gasteiger partial charge in [-0.1, -0.05) is 72.8 Å². The van der Waals surface area contributed by atoms with Crippen molar-refractivity contribution in [2.75, 3.05) is 0 Å². The molecule has 0 spiro atoms. The van der Waals surface area contributed by atoms with E-state index in [4.69, 9.17) is 5.11 Å². The lowest BCUT2D eigenvalue weighted by Crippen LogP contribution is -2.13. The zero-order chi connectivity index (χ0) is 19.2. The van der Waals surface area contributed by atoms with Crippen LogP contribution in [0.25, 0.3) is 6.08 Å². The molecule has 27 heavy (non-hydrogen) atoms. The number of carboxylic acid groups (broad SMARTS) is 1. The van der Waals surface area contributed by atoms with Crippen LogP contribution < -0.4 is 0 Å². The molecule has 1 N–H and O–H groups in total. The van der Waals surface area contributed by atoms with E-state index in [0.29, 0.717) is 16.7 Å². The van der Waals surface area contributed by atoms with Crippen LogP contribution >= 0.6 is 0 Å². The lowest BCUT2D eigenvalue weighted by atomic mass is 9.94. The second-order valence-electron chi connectivity index (χ2n) is 5.88. The zero-order valence-corrected chi connectivity index (χ0v) is 14.3. The Labute approximate surface area is 156 Å². The average molecular weight is 356 g/mol. The second-order valence-corrected chi connectivity index (χ2v) is 5.88. The Balaban J connectivity index is 2.05. The molecule has 0 unspecified atom stereocenters. The maximum Gasteiger partial charge on any atom is 0.335 e. The molecule has 0 fully saturated rings. The summed E-state index contributed by atoms with van der Waals surface area (Å²) in [4.78, 5) is 36.9. The minimum Gasteiger partial charge on any atom is -0.478 e. The Morgan fingerprint density at radius 2 is 1.04 bits per heavy atom. The molecule has 0 aliphatic heterocycles. The fourth-order valence-electron chi connectivity index (χ4n) is 2.61. The lowest BCUT2D eigenvalue weighted by molar-refractivity contribution is 0.0696. The molecule has 3 rings (SSSR count). The van der Waals surface area contributed by atoms with Crippen LogP contribution in [0.2, 0.25) is 0 Å². The summed E-state index contributed by atoms with van der Waals surface area (Å²) in [6.45, 7) is 0. The Morgan fingerprint density at radius 1 is 0.593 bits per heavy atom. The lowest BCUT2D eigenvalue weighted by Gasteiger charge is -2.07. The highest BCUT2D eigenvalue weighted by Gasteiger charge is 2.21. The average Bonchev–Trinajstić information content (AvgIpc) is 2.72. The number of aromatic carboxylic acids is 1. The van der Waals surface area contributed by atoms with Gasteiger partial charge in [0, 0.05) is 11.1 Å². The Kier molecular flexibility index (Phi) is 5.38. The van der Waals surface area contributed by atoms with E-state index in [-0.39, 0.29) is 22.7 Å². The standard InChI is InChI=1S/C23H16O4/c24-21(17-7-3-1-4-8-17)20(22(25)18-9-5-2-6-10-18)15-16-11-13-19(14-12-16)23(26)27/h1-15H,(H,26,27). The van der Waals surface area contributed by atoms with Crippen molar-refractivity contribution in [3.63, 3.8) is 0 Å². The normalized spacial score (nSPS) is 10.1. The molecule has 0 aliphatic carbocycles. The summed E-state index contributed by atoms with van der Waals surface area (Å²) in [5, 5.41) is 9.01. The SMILES string of the molecule is O=C(O)c1ccc(C=C(C(=O)c2ccccc2)C(=O)c2ccccc2)cc1. The molecule has 0 radical (unpaired) electrons. The summed E-state index contributed by atoms with van der Waals surface area (Å²) in [6, 6.07) is 23.2. The van der Waals surface area contributed by atoms with E-state index in [9.17, 15) is 14.4 Å². The van der Waals surface area contributed by atoms with Gasteiger partial charge in [-0.05, 0) is 23.8 Å². The largest absolute Gasteiger partial charge is 0.478 e. The highest BCUT2D eigenvalue weighted by Crippen LogP contribution is 2.18. The van der Waals surface area contributed by atoms with Gasteiger partial charge in [0.1, 0.15) is 0 Å². The van der Waals surface area contributed by atoms with E-state index in [1.165, 1.54) is 18.2 Å². The number of carbonyl (C=O) groups excluding carboxylic acids is 2. The molecule has 0 heterocycles. The molecule has 132 valence electrons. The third-order valence-corrected chi connectivity index (χ3v) is 4.03.